The van der Waals surface area contributed by atoms with E-state index in [2.05, 4.69) is 5.32 Å². The molecule has 8 heteroatoms. The van der Waals surface area contributed by atoms with Gasteiger partial charge in [-0.3, -0.25) is 9.36 Å². The van der Waals surface area contributed by atoms with Crippen LogP contribution in [0.25, 0.3) is 11.1 Å². The maximum absolute atomic E-state index is 12.7. The van der Waals surface area contributed by atoms with Crippen LogP contribution in [0.1, 0.15) is 12.8 Å². The smallest absolute Gasteiger partial charge is 0.408 e. The average molecular weight is 344 g/mol. The molecule has 0 bridgehead atoms. The second-order valence-electron chi connectivity index (χ2n) is 6.48. The number of rotatable bonds is 3. The monoisotopic (exact) mass is 344 g/mol. The van der Waals surface area contributed by atoms with Crippen molar-refractivity contribution in [2.24, 2.45) is 0 Å². The fourth-order valence-electron chi connectivity index (χ4n) is 3.67. The Kier molecular flexibility index (Phi) is 3.95. The number of oxazole rings is 1. The molecule has 132 valence electrons. The Bertz CT molecular complexity index is 871. The third-order valence-electron chi connectivity index (χ3n) is 4.95. The van der Waals surface area contributed by atoms with Gasteiger partial charge < -0.3 is 19.5 Å². The highest BCUT2D eigenvalue weighted by molar-refractivity contribution is 5.80. The van der Waals surface area contributed by atoms with Crippen molar-refractivity contribution in [3.8, 4) is 0 Å². The maximum atomic E-state index is 12.7. The van der Waals surface area contributed by atoms with E-state index < -0.39 is 5.76 Å². The molecule has 3 amide bonds. The highest BCUT2D eigenvalue weighted by atomic mass is 16.4. The number of likely N-dealkylation sites (tertiary alicyclic amines) is 1. The second-order valence-corrected chi connectivity index (χ2v) is 6.48. The zero-order valence-electron chi connectivity index (χ0n) is 13.8. The lowest BCUT2D eigenvalue weighted by Gasteiger charge is -2.37. The lowest BCUT2D eigenvalue weighted by Crippen LogP contribution is -2.51. The molecule has 25 heavy (non-hydrogen) atoms. The Balaban J connectivity index is 1.49. The molecule has 1 atom stereocenters. The van der Waals surface area contributed by atoms with Crippen molar-refractivity contribution >= 4 is 23.0 Å². The van der Waals surface area contributed by atoms with Crippen LogP contribution in [0, 0.1) is 0 Å². The number of hydrogen-bond donors (Lipinski definition) is 1. The molecule has 0 spiro atoms. The van der Waals surface area contributed by atoms with E-state index in [1.54, 1.807) is 34.1 Å². The minimum Gasteiger partial charge on any atom is -0.408 e. The molecule has 2 aromatic rings. The number of nitrogens with zero attached hydrogens (tertiary/aromatic N) is 3. The van der Waals surface area contributed by atoms with E-state index in [9.17, 15) is 14.4 Å². The summed E-state index contributed by atoms with van der Waals surface area (Å²) in [4.78, 5) is 40.1. The highest BCUT2D eigenvalue weighted by Gasteiger charge is 2.33. The first-order valence-electron chi connectivity index (χ1n) is 8.54. The first-order valence-corrected chi connectivity index (χ1v) is 8.54. The number of hydrogen-bond acceptors (Lipinski definition) is 4. The molecule has 0 radical (unpaired) electrons. The predicted molar refractivity (Wildman–Crippen MR) is 90.2 cm³/mol. The summed E-state index contributed by atoms with van der Waals surface area (Å²) in [5.41, 5.74) is 1.10. The molecule has 1 aromatic heterocycles. The number of urea groups is 1. The molecule has 0 aliphatic carbocycles. The van der Waals surface area contributed by atoms with Crippen LogP contribution in [0.2, 0.25) is 0 Å². The quantitative estimate of drug-likeness (QED) is 0.884. The largest absolute Gasteiger partial charge is 0.420 e. The minimum absolute atomic E-state index is 0.0398. The molecule has 1 N–H and O–H groups in total. The lowest BCUT2D eigenvalue weighted by molar-refractivity contribution is -0.133. The number of benzene rings is 1. The molecule has 3 heterocycles. The molecule has 2 fully saturated rings. The van der Waals surface area contributed by atoms with E-state index in [1.807, 2.05) is 0 Å². The molecule has 4 rings (SSSR count). The zero-order valence-corrected chi connectivity index (χ0v) is 13.8. The van der Waals surface area contributed by atoms with E-state index in [0.29, 0.717) is 37.3 Å². The van der Waals surface area contributed by atoms with Crippen LogP contribution in [-0.4, -0.2) is 58.5 Å². The van der Waals surface area contributed by atoms with Crippen LogP contribution in [-0.2, 0) is 11.3 Å². The first-order chi connectivity index (χ1) is 12.1. The molecular weight excluding hydrogens is 324 g/mol. The number of piperidine rings is 1. The van der Waals surface area contributed by atoms with Crippen LogP contribution in [0.3, 0.4) is 0 Å². The topological polar surface area (TPSA) is 87.8 Å². The van der Waals surface area contributed by atoms with Gasteiger partial charge in [-0.1, -0.05) is 12.1 Å². The predicted octanol–water partition coefficient (Wildman–Crippen LogP) is 0.611. The van der Waals surface area contributed by atoms with Gasteiger partial charge in [0.05, 0.1) is 11.6 Å². The van der Waals surface area contributed by atoms with Gasteiger partial charge in [-0.2, -0.15) is 0 Å². The third-order valence-corrected chi connectivity index (χ3v) is 4.95. The molecule has 2 aliphatic rings. The third kappa shape index (κ3) is 2.88. The fraction of sp³-hybridized carbons (Fsp3) is 0.471. The number of aromatic nitrogens is 1. The molecule has 0 unspecified atom stereocenters. The summed E-state index contributed by atoms with van der Waals surface area (Å²) in [7, 11) is 0. The van der Waals surface area contributed by atoms with E-state index in [4.69, 9.17) is 4.42 Å². The van der Waals surface area contributed by atoms with Gasteiger partial charge in [0.15, 0.2) is 5.58 Å². The number of amides is 3. The fourth-order valence-corrected chi connectivity index (χ4v) is 3.67. The van der Waals surface area contributed by atoms with Crippen molar-refractivity contribution in [2.75, 3.05) is 26.2 Å². The van der Waals surface area contributed by atoms with Gasteiger partial charge >= 0.3 is 11.8 Å². The van der Waals surface area contributed by atoms with E-state index in [0.717, 1.165) is 12.8 Å². The van der Waals surface area contributed by atoms with Crippen LogP contribution in [0.15, 0.2) is 33.5 Å². The molecule has 0 saturated carbocycles. The summed E-state index contributed by atoms with van der Waals surface area (Å²) >= 11 is 0. The summed E-state index contributed by atoms with van der Waals surface area (Å²) in [6.07, 6.45) is 1.74. The Labute approximate surface area is 144 Å². The molecule has 8 nitrogen and oxygen atoms in total. The Morgan fingerprint density at radius 1 is 1.24 bits per heavy atom. The van der Waals surface area contributed by atoms with Crippen LogP contribution in [0.5, 0.6) is 0 Å². The number of para-hydroxylation sites is 2. The Morgan fingerprint density at radius 3 is 2.88 bits per heavy atom. The summed E-state index contributed by atoms with van der Waals surface area (Å²) < 4.78 is 6.54. The van der Waals surface area contributed by atoms with Crippen molar-refractivity contribution in [1.82, 2.24) is 19.7 Å². The summed E-state index contributed by atoms with van der Waals surface area (Å²) in [5.74, 6) is -0.653. The van der Waals surface area contributed by atoms with Crippen molar-refractivity contribution in [3.63, 3.8) is 0 Å². The minimum atomic E-state index is -0.526. The van der Waals surface area contributed by atoms with Crippen LogP contribution >= 0.6 is 0 Å². The standard InChI is InChI=1S/C17H20N4O4/c22-15(11-21-13-5-1-2-6-14(13)25-17(21)24)19-8-3-4-12(10-19)20-9-7-18-16(20)23/h1-2,5-6,12H,3-4,7-11H2,(H,18,23)/t12-/m1/s1. The van der Waals surface area contributed by atoms with E-state index >= 15 is 0 Å². The van der Waals surface area contributed by atoms with Crippen molar-refractivity contribution in [1.29, 1.82) is 0 Å². The number of carbonyl (C=O) groups excluding carboxylic acids is 2. The van der Waals surface area contributed by atoms with Gasteiger partial charge in [-0.25, -0.2) is 9.59 Å². The van der Waals surface area contributed by atoms with Crippen LogP contribution in [0.4, 0.5) is 4.79 Å². The summed E-state index contributed by atoms with van der Waals surface area (Å²) in [6.45, 7) is 2.44. The van der Waals surface area contributed by atoms with E-state index in [-0.39, 0.29) is 24.5 Å². The first kappa shape index (κ1) is 15.7. The van der Waals surface area contributed by atoms with Crippen molar-refractivity contribution in [2.45, 2.75) is 25.4 Å². The summed E-state index contributed by atoms with van der Waals surface area (Å²) in [6, 6.07) is 7.05. The van der Waals surface area contributed by atoms with Gasteiger partial charge in [-0.15, -0.1) is 0 Å². The highest BCUT2D eigenvalue weighted by Crippen LogP contribution is 2.19. The Morgan fingerprint density at radius 2 is 2.08 bits per heavy atom. The number of nitrogens with one attached hydrogen (secondary N) is 1. The van der Waals surface area contributed by atoms with Gasteiger partial charge in [-0.05, 0) is 25.0 Å². The Hall–Kier alpha value is -2.77. The van der Waals surface area contributed by atoms with Gasteiger partial charge in [0.1, 0.15) is 6.54 Å². The summed E-state index contributed by atoms with van der Waals surface area (Å²) in [5, 5.41) is 2.80. The van der Waals surface area contributed by atoms with E-state index in [1.165, 1.54) is 4.57 Å². The lowest BCUT2D eigenvalue weighted by atomic mass is 10.0. The SMILES string of the molecule is O=C(Cn1c(=O)oc2ccccc21)N1CCC[C@@H](N2CCNC2=O)C1. The van der Waals surface area contributed by atoms with Crippen molar-refractivity contribution in [3.05, 3.63) is 34.8 Å². The maximum Gasteiger partial charge on any atom is 0.420 e. The molecule has 2 aliphatic heterocycles. The average Bonchev–Trinajstić information content (AvgIpc) is 3.18. The number of fused-ring (bicyclic) bond motifs is 1. The molecular formula is C17H20N4O4. The van der Waals surface area contributed by atoms with Gasteiger partial charge in [0.25, 0.3) is 0 Å². The molecule has 1 aromatic carbocycles. The number of carbonyl (C=O) groups is 2. The van der Waals surface area contributed by atoms with Gasteiger partial charge in [0, 0.05) is 26.2 Å². The second kappa shape index (κ2) is 6.27. The zero-order chi connectivity index (χ0) is 17.4. The molecule has 2 saturated heterocycles. The van der Waals surface area contributed by atoms with Gasteiger partial charge in [0.2, 0.25) is 5.91 Å². The van der Waals surface area contributed by atoms with Crippen molar-refractivity contribution < 1.29 is 14.0 Å². The normalized spacial score (nSPS) is 21.0. The van der Waals surface area contributed by atoms with Crippen LogP contribution < -0.4 is 11.1 Å².